The Balaban J connectivity index is 3.53. The van der Waals surface area contributed by atoms with Crippen molar-refractivity contribution in [3.8, 4) is 0 Å². The van der Waals surface area contributed by atoms with E-state index in [1.54, 1.807) is 13.0 Å². The van der Waals surface area contributed by atoms with E-state index >= 15 is 0 Å². The van der Waals surface area contributed by atoms with Gasteiger partial charge >= 0.3 is 11.9 Å². The van der Waals surface area contributed by atoms with Crippen LogP contribution in [0.15, 0.2) is 23.8 Å². The molecule has 0 bridgehead atoms. The standard InChI is InChI=1S/C23H36O6/c1-8-16(3)13-18-14-17(15-20(26)27-7)21(28-19(25)9-2)23(6,29-18)22(4,5)11-10-12-24/h10-12,15-16,18,21H,8-9,13-14H2,1-7H3/b11-10+,17-15+/t16?,18-,21+,23-/m1/s1. The molecular formula is C23H36O6. The molecule has 4 atom stereocenters. The summed E-state index contributed by atoms with van der Waals surface area (Å²) in [5, 5.41) is 0. The molecule has 1 saturated heterocycles. The number of esters is 2. The fourth-order valence-electron chi connectivity index (χ4n) is 3.60. The van der Waals surface area contributed by atoms with Crippen LogP contribution in [0.4, 0.5) is 0 Å². The molecule has 1 fully saturated rings. The first-order valence-electron chi connectivity index (χ1n) is 10.3. The van der Waals surface area contributed by atoms with Crippen LogP contribution in [0.2, 0.25) is 0 Å². The van der Waals surface area contributed by atoms with Crippen molar-refractivity contribution in [3.63, 3.8) is 0 Å². The van der Waals surface area contributed by atoms with Gasteiger partial charge in [-0.1, -0.05) is 47.1 Å². The number of rotatable bonds is 9. The zero-order valence-electron chi connectivity index (χ0n) is 18.8. The van der Waals surface area contributed by atoms with E-state index in [4.69, 9.17) is 14.2 Å². The van der Waals surface area contributed by atoms with Gasteiger partial charge in [0.25, 0.3) is 0 Å². The molecule has 0 radical (unpaired) electrons. The van der Waals surface area contributed by atoms with Gasteiger partial charge < -0.3 is 14.2 Å². The molecule has 1 aliphatic rings. The third kappa shape index (κ3) is 6.26. The Morgan fingerprint density at radius 2 is 2.00 bits per heavy atom. The maximum atomic E-state index is 12.2. The first kappa shape index (κ1) is 25.1. The molecule has 29 heavy (non-hydrogen) atoms. The minimum absolute atomic E-state index is 0.147. The molecule has 6 nitrogen and oxygen atoms in total. The first-order chi connectivity index (χ1) is 13.5. The summed E-state index contributed by atoms with van der Waals surface area (Å²) in [5.74, 6) is -0.437. The summed E-state index contributed by atoms with van der Waals surface area (Å²) in [5.41, 5.74) is -0.961. The molecule has 0 aromatic heterocycles. The van der Waals surface area contributed by atoms with Crippen molar-refractivity contribution in [2.75, 3.05) is 7.11 Å². The quantitative estimate of drug-likeness (QED) is 0.324. The minimum atomic E-state index is -0.979. The van der Waals surface area contributed by atoms with Gasteiger partial charge in [0.1, 0.15) is 11.9 Å². The number of allylic oxidation sites excluding steroid dienone is 1. The van der Waals surface area contributed by atoms with Crippen LogP contribution in [-0.4, -0.2) is 43.1 Å². The average molecular weight is 409 g/mol. The van der Waals surface area contributed by atoms with E-state index < -0.39 is 23.1 Å². The van der Waals surface area contributed by atoms with Crippen LogP contribution in [0.3, 0.4) is 0 Å². The molecule has 0 amide bonds. The lowest BCUT2D eigenvalue weighted by Crippen LogP contribution is -2.60. The van der Waals surface area contributed by atoms with Gasteiger partial charge in [-0.05, 0) is 37.3 Å². The second-order valence-corrected chi connectivity index (χ2v) is 8.48. The molecule has 1 aliphatic heterocycles. The number of carbonyl (C=O) groups is 3. The van der Waals surface area contributed by atoms with E-state index in [0.29, 0.717) is 24.2 Å². The lowest BCUT2D eigenvalue weighted by molar-refractivity contribution is -0.216. The highest BCUT2D eigenvalue weighted by Crippen LogP contribution is 2.48. The van der Waals surface area contributed by atoms with Crippen LogP contribution in [0.5, 0.6) is 0 Å². The fourth-order valence-corrected chi connectivity index (χ4v) is 3.60. The molecule has 0 N–H and O–H groups in total. The molecule has 0 aromatic carbocycles. The SMILES string of the molecule is CCC(=O)O[C@H]1/C(=C/C(=O)OC)C[C@@H](CC(C)CC)O[C@@]1(C)C(C)(C)/C=C/C=O. The fraction of sp³-hybridized carbons (Fsp3) is 0.696. The van der Waals surface area contributed by atoms with Gasteiger partial charge in [0.15, 0.2) is 6.10 Å². The van der Waals surface area contributed by atoms with Crippen LogP contribution < -0.4 is 0 Å². The Hall–Kier alpha value is -1.95. The maximum absolute atomic E-state index is 12.2. The highest BCUT2D eigenvalue weighted by molar-refractivity contribution is 5.83. The van der Waals surface area contributed by atoms with Crippen molar-refractivity contribution in [2.45, 2.75) is 85.0 Å². The van der Waals surface area contributed by atoms with E-state index in [-0.39, 0.29) is 18.5 Å². The normalized spacial score (nSPS) is 27.6. The van der Waals surface area contributed by atoms with Crippen molar-refractivity contribution < 1.29 is 28.6 Å². The summed E-state index contributed by atoms with van der Waals surface area (Å²) in [6.07, 6.45) is 6.90. The predicted molar refractivity (Wildman–Crippen MR) is 111 cm³/mol. The molecule has 164 valence electrons. The van der Waals surface area contributed by atoms with Gasteiger partial charge in [-0.2, -0.15) is 0 Å². The average Bonchev–Trinajstić information content (AvgIpc) is 2.68. The summed E-state index contributed by atoms with van der Waals surface area (Å²) in [6.45, 7) is 11.7. The smallest absolute Gasteiger partial charge is 0.330 e. The van der Waals surface area contributed by atoms with Crippen LogP contribution in [0.25, 0.3) is 0 Å². The van der Waals surface area contributed by atoms with Crippen molar-refractivity contribution >= 4 is 18.2 Å². The summed E-state index contributed by atoms with van der Waals surface area (Å²) < 4.78 is 17.2. The van der Waals surface area contributed by atoms with Crippen LogP contribution in [0.1, 0.15) is 67.2 Å². The number of methoxy groups -OCH3 is 1. The second kappa shape index (κ2) is 10.7. The summed E-state index contributed by atoms with van der Waals surface area (Å²) >= 11 is 0. The summed E-state index contributed by atoms with van der Waals surface area (Å²) in [7, 11) is 1.32. The maximum Gasteiger partial charge on any atom is 0.330 e. The Labute approximate surface area is 174 Å². The van der Waals surface area contributed by atoms with Crippen molar-refractivity contribution in [3.05, 3.63) is 23.8 Å². The Bertz CT molecular complexity index is 648. The third-order valence-corrected chi connectivity index (χ3v) is 5.99. The Morgan fingerprint density at radius 1 is 1.34 bits per heavy atom. The van der Waals surface area contributed by atoms with Gasteiger partial charge in [-0.3, -0.25) is 9.59 Å². The molecule has 1 heterocycles. The van der Waals surface area contributed by atoms with Crippen LogP contribution in [0, 0.1) is 11.3 Å². The third-order valence-electron chi connectivity index (χ3n) is 5.99. The van der Waals surface area contributed by atoms with Crippen LogP contribution in [-0.2, 0) is 28.6 Å². The number of hydrogen-bond donors (Lipinski definition) is 0. The van der Waals surface area contributed by atoms with Gasteiger partial charge in [0.05, 0.1) is 13.2 Å². The summed E-state index contributed by atoms with van der Waals surface area (Å²) in [6, 6.07) is 0. The monoisotopic (exact) mass is 408 g/mol. The van der Waals surface area contributed by atoms with E-state index in [2.05, 4.69) is 13.8 Å². The highest BCUT2D eigenvalue weighted by Gasteiger charge is 2.54. The van der Waals surface area contributed by atoms with E-state index in [1.165, 1.54) is 19.3 Å². The Morgan fingerprint density at radius 3 is 2.52 bits per heavy atom. The number of hydrogen-bond acceptors (Lipinski definition) is 6. The topological polar surface area (TPSA) is 78.9 Å². The minimum Gasteiger partial charge on any atom is -0.466 e. The molecule has 0 aromatic rings. The molecule has 1 unspecified atom stereocenters. The molecule has 0 saturated carbocycles. The van der Waals surface area contributed by atoms with Crippen molar-refractivity contribution in [1.29, 1.82) is 0 Å². The van der Waals surface area contributed by atoms with Gasteiger partial charge in [-0.25, -0.2) is 4.79 Å². The Kier molecular flexibility index (Phi) is 9.27. The van der Waals surface area contributed by atoms with E-state index in [0.717, 1.165) is 12.8 Å². The molecule has 0 spiro atoms. The molecular weight excluding hydrogens is 372 g/mol. The van der Waals surface area contributed by atoms with Crippen molar-refractivity contribution in [1.82, 2.24) is 0 Å². The zero-order chi connectivity index (χ0) is 22.2. The molecule has 6 heteroatoms. The number of ether oxygens (including phenoxy) is 3. The molecule has 0 aliphatic carbocycles. The highest BCUT2D eigenvalue weighted by atomic mass is 16.6. The van der Waals surface area contributed by atoms with Gasteiger partial charge in [0, 0.05) is 17.9 Å². The van der Waals surface area contributed by atoms with E-state index in [9.17, 15) is 14.4 Å². The van der Waals surface area contributed by atoms with Gasteiger partial charge in [-0.15, -0.1) is 0 Å². The molecule has 1 rings (SSSR count). The van der Waals surface area contributed by atoms with Gasteiger partial charge in [0.2, 0.25) is 0 Å². The second-order valence-electron chi connectivity index (χ2n) is 8.48. The van der Waals surface area contributed by atoms with Crippen molar-refractivity contribution in [2.24, 2.45) is 11.3 Å². The lowest BCUT2D eigenvalue weighted by atomic mass is 9.67. The first-order valence-corrected chi connectivity index (χ1v) is 10.3. The van der Waals surface area contributed by atoms with Crippen LogP contribution >= 0.6 is 0 Å². The largest absolute Gasteiger partial charge is 0.466 e. The number of aldehydes is 1. The van der Waals surface area contributed by atoms with E-state index in [1.807, 2.05) is 20.8 Å². The number of carbonyl (C=O) groups excluding carboxylic acids is 3. The zero-order valence-corrected chi connectivity index (χ0v) is 18.8. The summed E-state index contributed by atoms with van der Waals surface area (Å²) in [4.78, 5) is 35.2. The lowest BCUT2D eigenvalue weighted by Gasteiger charge is -2.52. The predicted octanol–water partition coefficient (Wildman–Crippen LogP) is 4.17.